The summed E-state index contributed by atoms with van der Waals surface area (Å²) in [5.41, 5.74) is 5.16. The summed E-state index contributed by atoms with van der Waals surface area (Å²) in [7, 11) is 1.69. The van der Waals surface area contributed by atoms with E-state index in [1.165, 1.54) is 37.1 Å². The smallest absolute Gasteiger partial charge is 0.132 e. The van der Waals surface area contributed by atoms with E-state index in [9.17, 15) is 0 Å². The van der Waals surface area contributed by atoms with Gasteiger partial charge in [0.1, 0.15) is 29.5 Å². The maximum absolute atomic E-state index is 6.56. The largest absolute Gasteiger partial charge is 0.497 e. The molecule has 0 amide bonds. The Balaban J connectivity index is 0.00000289. The van der Waals surface area contributed by atoms with Crippen molar-refractivity contribution in [1.29, 1.82) is 0 Å². The number of hydrogen-bond donors (Lipinski definition) is 0. The third-order valence-corrected chi connectivity index (χ3v) is 6.74. The Labute approximate surface area is 214 Å². The van der Waals surface area contributed by atoms with Gasteiger partial charge < -0.3 is 14.2 Å². The van der Waals surface area contributed by atoms with Gasteiger partial charge >= 0.3 is 0 Å². The van der Waals surface area contributed by atoms with Crippen molar-refractivity contribution in [2.24, 2.45) is 0 Å². The van der Waals surface area contributed by atoms with Crippen molar-refractivity contribution in [2.75, 3.05) is 33.4 Å². The fraction of sp³-hybridized carbons (Fsp3) is 0.333. The predicted octanol–water partition coefficient (Wildman–Crippen LogP) is 6.72. The average molecular weight is 492 g/mol. The van der Waals surface area contributed by atoms with Crippen LogP contribution in [0.15, 0.2) is 72.8 Å². The van der Waals surface area contributed by atoms with Gasteiger partial charge in [-0.15, -0.1) is 12.4 Å². The molecule has 0 aliphatic carbocycles. The summed E-state index contributed by atoms with van der Waals surface area (Å²) >= 11 is 0. The molecule has 4 nitrogen and oxygen atoms in total. The van der Waals surface area contributed by atoms with Crippen LogP contribution < -0.4 is 14.2 Å². The predicted molar refractivity (Wildman–Crippen MR) is 145 cm³/mol. The number of fused-ring (bicyclic) bond motifs is 1. The molecule has 0 atom stereocenters. The molecule has 2 aliphatic heterocycles. The van der Waals surface area contributed by atoms with E-state index in [4.69, 9.17) is 14.2 Å². The first-order valence-corrected chi connectivity index (χ1v) is 12.2. The first-order valence-electron chi connectivity index (χ1n) is 12.2. The molecule has 0 N–H and O–H groups in total. The highest BCUT2D eigenvalue weighted by molar-refractivity contribution is 6.04. The highest BCUT2D eigenvalue weighted by Gasteiger charge is 2.36. The van der Waals surface area contributed by atoms with Gasteiger partial charge in [0.2, 0.25) is 0 Å². The van der Waals surface area contributed by atoms with Crippen molar-refractivity contribution < 1.29 is 14.2 Å². The van der Waals surface area contributed by atoms with Crippen LogP contribution in [0, 0.1) is 0 Å². The van der Waals surface area contributed by atoms with Crippen LogP contribution in [-0.2, 0) is 0 Å². The van der Waals surface area contributed by atoms with E-state index in [1.807, 2.05) is 18.2 Å². The molecule has 0 unspecified atom stereocenters. The van der Waals surface area contributed by atoms with E-state index < -0.39 is 5.60 Å². The highest BCUT2D eigenvalue weighted by Crippen LogP contribution is 2.49. The van der Waals surface area contributed by atoms with E-state index >= 15 is 0 Å². The van der Waals surface area contributed by atoms with Crippen molar-refractivity contribution in [2.45, 2.75) is 32.3 Å². The minimum atomic E-state index is -0.525. The summed E-state index contributed by atoms with van der Waals surface area (Å²) in [6.07, 6.45) is 2.60. The molecule has 3 aromatic rings. The highest BCUT2D eigenvalue weighted by atomic mass is 35.5. The summed E-state index contributed by atoms with van der Waals surface area (Å²) in [4.78, 5) is 2.48. The zero-order valence-electron chi connectivity index (χ0n) is 20.8. The third-order valence-electron chi connectivity index (χ3n) is 6.74. The van der Waals surface area contributed by atoms with Crippen LogP contribution in [0.5, 0.6) is 17.2 Å². The number of methoxy groups -OCH3 is 1. The van der Waals surface area contributed by atoms with Gasteiger partial charge in [-0.3, -0.25) is 4.90 Å². The quantitative estimate of drug-likeness (QED) is 0.367. The van der Waals surface area contributed by atoms with Crippen molar-refractivity contribution in [3.05, 3.63) is 89.5 Å². The van der Waals surface area contributed by atoms with Gasteiger partial charge in [0.05, 0.1) is 7.11 Å². The molecular weight excluding hydrogens is 458 g/mol. The lowest BCUT2D eigenvalue weighted by Gasteiger charge is -2.38. The number of ether oxygens (including phenoxy) is 3. The second-order valence-corrected chi connectivity index (χ2v) is 9.52. The lowest BCUT2D eigenvalue weighted by Crippen LogP contribution is -2.34. The SMILES string of the molecule is COc1ccc2c(c1)OC(C)(C)C(c1ccccc1)=C2c1cccc(OCCN2CCCC2)c1.Cl. The van der Waals surface area contributed by atoms with Crippen molar-refractivity contribution in [3.8, 4) is 17.2 Å². The zero-order valence-corrected chi connectivity index (χ0v) is 21.6. The molecule has 0 saturated carbocycles. The summed E-state index contributed by atoms with van der Waals surface area (Å²) in [5.74, 6) is 2.52. The summed E-state index contributed by atoms with van der Waals surface area (Å²) in [6, 6.07) is 25.1. The van der Waals surface area contributed by atoms with Gasteiger partial charge in [-0.05, 0) is 75.2 Å². The standard InChI is InChI=1S/C30H33NO3.ClH/c1-30(2)29(22-10-5-4-6-11-22)28(26-15-14-24(32-3)21-27(26)34-30)23-12-9-13-25(20-23)33-19-18-31-16-7-8-17-31;/h4-6,9-15,20-21H,7-8,16-19H2,1-3H3;1H. The number of halogens is 1. The lowest BCUT2D eigenvalue weighted by atomic mass is 9.79. The van der Waals surface area contributed by atoms with Crippen molar-refractivity contribution >= 4 is 23.6 Å². The lowest BCUT2D eigenvalue weighted by molar-refractivity contribution is 0.168. The zero-order chi connectivity index (χ0) is 23.5. The monoisotopic (exact) mass is 491 g/mol. The van der Waals surface area contributed by atoms with E-state index in [-0.39, 0.29) is 12.4 Å². The van der Waals surface area contributed by atoms with Crippen LogP contribution in [0.3, 0.4) is 0 Å². The number of nitrogens with zero attached hydrogens (tertiary/aromatic N) is 1. The molecule has 0 radical (unpaired) electrons. The van der Waals surface area contributed by atoms with E-state index in [0.29, 0.717) is 6.61 Å². The molecule has 35 heavy (non-hydrogen) atoms. The van der Waals surface area contributed by atoms with E-state index in [0.717, 1.165) is 40.5 Å². The van der Waals surface area contributed by atoms with E-state index in [1.54, 1.807) is 7.11 Å². The number of benzene rings is 3. The summed E-state index contributed by atoms with van der Waals surface area (Å²) in [6.45, 7) is 8.32. The summed E-state index contributed by atoms with van der Waals surface area (Å²) < 4.78 is 18.2. The van der Waals surface area contributed by atoms with Crippen LogP contribution in [0.1, 0.15) is 43.4 Å². The third kappa shape index (κ3) is 5.34. The van der Waals surface area contributed by atoms with Gasteiger partial charge in [-0.2, -0.15) is 0 Å². The fourth-order valence-corrected chi connectivity index (χ4v) is 5.12. The molecule has 184 valence electrons. The number of likely N-dealkylation sites (tertiary alicyclic amines) is 1. The van der Waals surface area contributed by atoms with Gasteiger partial charge in [-0.1, -0.05) is 42.5 Å². The Hall–Kier alpha value is -2.95. The summed E-state index contributed by atoms with van der Waals surface area (Å²) in [5, 5.41) is 0. The molecule has 2 heterocycles. The van der Waals surface area contributed by atoms with Crippen LogP contribution in [0.25, 0.3) is 11.1 Å². The Morgan fingerprint density at radius 2 is 1.60 bits per heavy atom. The van der Waals surface area contributed by atoms with Gasteiger partial charge in [-0.25, -0.2) is 0 Å². The number of hydrogen-bond acceptors (Lipinski definition) is 4. The van der Waals surface area contributed by atoms with Crippen LogP contribution in [0.2, 0.25) is 0 Å². The fourth-order valence-electron chi connectivity index (χ4n) is 5.12. The maximum Gasteiger partial charge on any atom is 0.132 e. The number of rotatable bonds is 7. The normalized spacial score (nSPS) is 16.8. The second-order valence-electron chi connectivity index (χ2n) is 9.52. The average Bonchev–Trinajstić information content (AvgIpc) is 3.36. The molecular formula is C30H34ClNO3. The van der Waals surface area contributed by atoms with E-state index in [2.05, 4.69) is 73.3 Å². The van der Waals surface area contributed by atoms with Crippen LogP contribution in [-0.4, -0.2) is 43.9 Å². The van der Waals surface area contributed by atoms with Gasteiger partial charge in [0.25, 0.3) is 0 Å². The first kappa shape index (κ1) is 25.2. The Morgan fingerprint density at radius 3 is 2.34 bits per heavy atom. The maximum atomic E-state index is 6.56. The topological polar surface area (TPSA) is 30.9 Å². The van der Waals surface area contributed by atoms with Crippen molar-refractivity contribution in [3.63, 3.8) is 0 Å². The molecule has 1 fully saturated rings. The molecule has 1 saturated heterocycles. The molecule has 0 spiro atoms. The molecule has 2 aliphatic rings. The Bertz CT molecular complexity index is 1180. The van der Waals surface area contributed by atoms with Crippen molar-refractivity contribution in [1.82, 2.24) is 4.90 Å². The van der Waals surface area contributed by atoms with Gasteiger partial charge in [0.15, 0.2) is 0 Å². The molecule has 0 aromatic heterocycles. The Morgan fingerprint density at radius 1 is 0.857 bits per heavy atom. The molecule has 5 rings (SSSR count). The molecule has 5 heteroatoms. The minimum Gasteiger partial charge on any atom is -0.497 e. The molecule has 3 aromatic carbocycles. The van der Waals surface area contributed by atoms with Crippen LogP contribution in [0.4, 0.5) is 0 Å². The first-order chi connectivity index (χ1) is 16.5. The second kappa shape index (κ2) is 10.8. The van der Waals surface area contributed by atoms with Gasteiger partial charge in [0, 0.05) is 29.3 Å². The van der Waals surface area contributed by atoms with Crippen LogP contribution >= 0.6 is 12.4 Å². The minimum absolute atomic E-state index is 0. The Kier molecular flexibility index (Phi) is 7.73. The molecule has 0 bridgehead atoms.